The van der Waals surface area contributed by atoms with Crippen LogP contribution in [-0.2, 0) is 22.4 Å². The lowest BCUT2D eigenvalue weighted by Crippen LogP contribution is -2.11. The minimum absolute atomic E-state index is 0.126. The molecule has 38 heavy (non-hydrogen) atoms. The molecule has 0 atom stereocenters. The first kappa shape index (κ1) is 27.7. The number of esters is 1. The molecule has 1 fully saturated rings. The van der Waals surface area contributed by atoms with Crippen LogP contribution in [0.2, 0.25) is 0 Å². The van der Waals surface area contributed by atoms with E-state index in [2.05, 4.69) is 74.2 Å². The van der Waals surface area contributed by atoms with Crippen molar-refractivity contribution in [1.29, 1.82) is 0 Å². The summed E-state index contributed by atoms with van der Waals surface area (Å²) >= 11 is 0. The lowest BCUT2D eigenvalue weighted by Gasteiger charge is -2.22. The predicted molar refractivity (Wildman–Crippen MR) is 155 cm³/mol. The van der Waals surface area contributed by atoms with Crippen LogP contribution in [0.15, 0.2) is 73.3 Å². The van der Waals surface area contributed by atoms with Crippen molar-refractivity contribution < 1.29 is 19.4 Å². The summed E-state index contributed by atoms with van der Waals surface area (Å²) < 4.78 is 11.1. The summed E-state index contributed by atoms with van der Waals surface area (Å²) in [4.78, 5) is 11.3. The third-order valence-electron chi connectivity index (χ3n) is 7.54. The van der Waals surface area contributed by atoms with Gasteiger partial charge in [-0.1, -0.05) is 87.4 Å². The summed E-state index contributed by atoms with van der Waals surface area (Å²) in [5.74, 6) is 1.02. The van der Waals surface area contributed by atoms with E-state index in [1.807, 2.05) is 0 Å². The Bertz CT molecular complexity index is 1210. The molecule has 1 aliphatic rings. The molecular weight excluding hydrogens is 472 g/mol. The van der Waals surface area contributed by atoms with Crippen molar-refractivity contribution in [2.75, 3.05) is 19.8 Å². The molecule has 1 aliphatic carbocycles. The van der Waals surface area contributed by atoms with Gasteiger partial charge in [0.25, 0.3) is 0 Å². The number of benzene rings is 3. The van der Waals surface area contributed by atoms with E-state index in [0.717, 1.165) is 40.9 Å². The summed E-state index contributed by atoms with van der Waals surface area (Å²) in [5, 5.41) is 9.30. The second kappa shape index (κ2) is 14.0. The summed E-state index contributed by atoms with van der Waals surface area (Å²) in [6.45, 7) is 6.16. The number of ether oxygens (including phenoxy) is 2. The van der Waals surface area contributed by atoms with E-state index in [-0.39, 0.29) is 19.8 Å². The van der Waals surface area contributed by atoms with Crippen LogP contribution in [0, 0.1) is 0 Å². The van der Waals surface area contributed by atoms with Gasteiger partial charge in [-0.05, 0) is 83.0 Å². The molecule has 200 valence electrons. The molecule has 0 radical (unpaired) electrons. The first-order valence-corrected chi connectivity index (χ1v) is 14.0. The molecule has 1 saturated carbocycles. The molecule has 0 bridgehead atoms. The highest BCUT2D eigenvalue weighted by molar-refractivity contribution is 5.81. The molecule has 0 aromatic heterocycles. The van der Waals surface area contributed by atoms with Crippen molar-refractivity contribution in [2.45, 2.75) is 64.2 Å². The molecule has 0 heterocycles. The zero-order chi connectivity index (χ0) is 26.7. The number of hydrogen-bond donors (Lipinski definition) is 1. The van der Waals surface area contributed by atoms with Gasteiger partial charge >= 0.3 is 5.97 Å². The normalized spacial score (nSPS) is 13.7. The summed E-state index contributed by atoms with van der Waals surface area (Å²) in [6, 6.07) is 22.2. The SMILES string of the molecule is C=CC(=O)OCCOc1cc(-c2ccc(-c3ccc(C4CCCCC4)cc3)c(CC)c2)ccc1CCCO. The molecule has 1 N–H and O–H groups in total. The Hall–Kier alpha value is -3.37. The molecule has 0 unspecified atom stereocenters. The maximum atomic E-state index is 11.3. The summed E-state index contributed by atoms with van der Waals surface area (Å²) in [5.41, 5.74) is 8.60. The van der Waals surface area contributed by atoms with Crippen molar-refractivity contribution in [3.05, 3.63) is 90.0 Å². The zero-order valence-corrected chi connectivity index (χ0v) is 22.6. The number of aryl methyl sites for hydroxylation is 2. The van der Waals surface area contributed by atoms with Gasteiger partial charge < -0.3 is 14.6 Å². The number of carbonyl (C=O) groups excluding carboxylic acids is 1. The number of aliphatic hydroxyl groups excluding tert-OH is 1. The van der Waals surface area contributed by atoms with E-state index >= 15 is 0 Å². The van der Waals surface area contributed by atoms with Crippen LogP contribution in [0.3, 0.4) is 0 Å². The molecule has 3 aromatic carbocycles. The predicted octanol–water partition coefficient (Wildman–Crippen LogP) is 7.66. The summed E-state index contributed by atoms with van der Waals surface area (Å²) in [7, 11) is 0. The maximum absolute atomic E-state index is 11.3. The average Bonchev–Trinajstić information content (AvgIpc) is 2.98. The Balaban J connectivity index is 1.54. The van der Waals surface area contributed by atoms with E-state index in [1.54, 1.807) is 0 Å². The van der Waals surface area contributed by atoms with E-state index < -0.39 is 5.97 Å². The number of rotatable bonds is 12. The molecule has 0 amide bonds. The van der Waals surface area contributed by atoms with Crippen molar-refractivity contribution >= 4 is 5.97 Å². The van der Waals surface area contributed by atoms with Crippen LogP contribution in [0.25, 0.3) is 22.3 Å². The maximum Gasteiger partial charge on any atom is 0.330 e. The second-order valence-electron chi connectivity index (χ2n) is 10.1. The topological polar surface area (TPSA) is 55.8 Å². The number of carbonyl (C=O) groups is 1. The first-order valence-electron chi connectivity index (χ1n) is 14.0. The van der Waals surface area contributed by atoms with Crippen molar-refractivity contribution in [3.63, 3.8) is 0 Å². The molecule has 4 rings (SSSR count). The molecule has 0 aliphatic heterocycles. The van der Waals surface area contributed by atoms with Crippen LogP contribution in [-0.4, -0.2) is 30.9 Å². The fraction of sp³-hybridized carbons (Fsp3) is 0.382. The highest BCUT2D eigenvalue weighted by Gasteiger charge is 2.16. The minimum atomic E-state index is -0.460. The molecular formula is C34H40O4. The van der Waals surface area contributed by atoms with Gasteiger partial charge in [-0.25, -0.2) is 4.79 Å². The van der Waals surface area contributed by atoms with Gasteiger partial charge in [0.05, 0.1) is 0 Å². The minimum Gasteiger partial charge on any atom is -0.490 e. The summed E-state index contributed by atoms with van der Waals surface area (Å²) in [6.07, 6.45) is 10.2. The number of aliphatic hydroxyl groups is 1. The van der Waals surface area contributed by atoms with E-state index in [4.69, 9.17) is 9.47 Å². The third-order valence-corrected chi connectivity index (χ3v) is 7.54. The highest BCUT2D eigenvalue weighted by atomic mass is 16.6. The van der Waals surface area contributed by atoms with Crippen LogP contribution < -0.4 is 4.74 Å². The Morgan fingerprint density at radius 2 is 1.63 bits per heavy atom. The Morgan fingerprint density at radius 3 is 2.34 bits per heavy atom. The molecule has 3 aromatic rings. The van der Waals surface area contributed by atoms with Gasteiger partial charge in [0.2, 0.25) is 0 Å². The molecule has 0 spiro atoms. The van der Waals surface area contributed by atoms with Gasteiger partial charge in [-0.15, -0.1) is 0 Å². The molecule has 4 nitrogen and oxygen atoms in total. The van der Waals surface area contributed by atoms with Crippen molar-refractivity contribution in [1.82, 2.24) is 0 Å². The van der Waals surface area contributed by atoms with E-state index in [9.17, 15) is 9.90 Å². The lowest BCUT2D eigenvalue weighted by atomic mass is 9.83. The van der Waals surface area contributed by atoms with Gasteiger partial charge in [-0.2, -0.15) is 0 Å². The standard InChI is InChI=1S/C34H40O4/c1-3-25-23-30(18-19-32(25)28-14-12-27(13-15-28)26-9-6-5-7-10-26)31-17-16-29(11-8-20-35)33(24-31)37-21-22-38-34(36)4-2/h4,12-19,23-24,26,35H,2-3,5-11,20-22H2,1H3. The van der Waals surface area contributed by atoms with Crippen molar-refractivity contribution in [2.24, 2.45) is 0 Å². The highest BCUT2D eigenvalue weighted by Crippen LogP contribution is 2.36. The van der Waals surface area contributed by atoms with Gasteiger partial charge in [0, 0.05) is 12.7 Å². The van der Waals surface area contributed by atoms with E-state index in [0.29, 0.717) is 12.8 Å². The average molecular weight is 513 g/mol. The molecule has 0 saturated heterocycles. The van der Waals surface area contributed by atoms with Crippen LogP contribution in [0.1, 0.15) is 68.1 Å². The lowest BCUT2D eigenvalue weighted by molar-refractivity contribution is -0.138. The smallest absolute Gasteiger partial charge is 0.330 e. The Kier molecular flexibility index (Phi) is 10.2. The third kappa shape index (κ3) is 7.14. The van der Waals surface area contributed by atoms with Gasteiger partial charge in [0.1, 0.15) is 19.0 Å². The van der Waals surface area contributed by atoms with Crippen molar-refractivity contribution in [3.8, 4) is 28.0 Å². The second-order valence-corrected chi connectivity index (χ2v) is 10.1. The number of hydrogen-bond acceptors (Lipinski definition) is 4. The fourth-order valence-electron chi connectivity index (χ4n) is 5.42. The Morgan fingerprint density at radius 1 is 0.921 bits per heavy atom. The van der Waals surface area contributed by atoms with Crippen LogP contribution in [0.4, 0.5) is 0 Å². The molecule has 4 heteroatoms. The largest absolute Gasteiger partial charge is 0.490 e. The van der Waals surface area contributed by atoms with Crippen LogP contribution in [0.5, 0.6) is 5.75 Å². The first-order chi connectivity index (χ1) is 18.6. The fourth-order valence-corrected chi connectivity index (χ4v) is 5.42. The van der Waals surface area contributed by atoms with Gasteiger partial charge in [0.15, 0.2) is 0 Å². The van der Waals surface area contributed by atoms with Crippen LogP contribution >= 0.6 is 0 Å². The Labute approximate surface area is 227 Å². The van der Waals surface area contributed by atoms with E-state index in [1.165, 1.54) is 54.4 Å². The quantitative estimate of drug-likeness (QED) is 0.154. The zero-order valence-electron chi connectivity index (χ0n) is 22.6. The monoisotopic (exact) mass is 512 g/mol. The van der Waals surface area contributed by atoms with Gasteiger partial charge in [-0.3, -0.25) is 0 Å².